The number of rotatable bonds is 2. The van der Waals surface area contributed by atoms with Crippen molar-refractivity contribution in [2.75, 3.05) is 7.05 Å². The summed E-state index contributed by atoms with van der Waals surface area (Å²) in [5.41, 5.74) is -0.336. The van der Waals surface area contributed by atoms with Gasteiger partial charge in [-0.05, 0) is 19.8 Å². The van der Waals surface area contributed by atoms with Crippen LogP contribution in [-0.4, -0.2) is 29.7 Å². The Labute approximate surface area is 85.5 Å². The molecule has 1 fully saturated rings. The van der Waals surface area contributed by atoms with Crippen LogP contribution in [0.3, 0.4) is 0 Å². The monoisotopic (exact) mass is 197 g/mol. The number of Topliss-reactive ketones (excluding diaryl/α,β-unsaturated/α-hetero) is 1. The molecular formula is C11H19NO2. The predicted octanol–water partition coefficient (Wildman–Crippen LogP) is 1.61. The Kier molecular flexibility index (Phi) is 2.98. The molecule has 0 spiro atoms. The third kappa shape index (κ3) is 1.56. The molecule has 0 aliphatic carbocycles. The van der Waals surface area contributed by atoms with Gasteiger partial charge < -0.3 is 4.90 Å². The van der Waals surface area contributed by atoms with E-state index in [2.05, 4.69) is 0 Å². The summed E-state index contributed by atoms with van der Waals surface area (Å²) in [6.07, 6.45) is 2.05. The first-order valence-corrected chi connectivity index (χ1v) is 5.20. The number of carbonyl (C=O) groups excluding carboxylic acids is 2. The number of amides is 1. The Balaban J connectivity index is 2.98. The Hall–Kier alpha value is -0.860. The second kappa shape index (κ2) is 3.71. The van der Waals surface area contributed by atoms with E-state index in [0.717, 1.165) is 6.42 Å². The van der Waals surface area contributed by atoms with Gasteiger partial charge in [0, 0.05) is 24.9 Å². The molecule has 0 bridgehead atoms. The summed E-state index contributed by atoms with van der Waals surface area (Å²) in [4.78, 5) is 24.8. The van der Waals surface area contributed by atoms with Crippen LogP contribution in [0.5, 0.6) is 0 Å². The van der Waals surface area contributed by atoms with Crippen LogP contribution in [0.2, 0.25) is 0 Å². The highest BCUT2D eigenvalue weighted by Gasteiger charge is 2.44. The number of nitrogens with zero attached hydrogens (tertiary/aromatic N) is 1. The van der Waals surface area contributed by atoms with Gasteiger partial charge in [-0.15, -0.1) is 0 Å². The number of hydrogen-bond acceptors (Lipinski definition) is 2. The van der Waals surface area contributed by atoms with Gasteiger partial charge in [-0.1, -0.05) is 13.8 Å². The van der Waals surface area contributed by atoms with Crippen LogP contribution in [0.4, 0.5) is 0 Å². The lowest BCUT2D eigenvalue weighted by atomic mass is 9.71. The van der Waals surface area contributed by atoms with Gasteiger partial charge in [-0.3, -0.25) is 9.59 Å². The largest absolute Gasteiger partial charge is 0.342 e. The van der Waals surface area contributed by atoms with Gasteiger partial charge in [-0.25, -0.2) is 0 Å². The molecule has 1 rings (SSSR count). The number of hydrogen-bond donors (Lipinski definition) is 0. The molecule has 3 nitrogen and oxygen atoms in total. The molecule has 0 radical (unpaired) electrons. The fourth-order valence-corrected chi connectivity index (χ4v) is 2.45. The van der Waals surface area contributed by atoms with Crippen LogP contribution in [0.25, 0.3) is 0 Å². The van der Waals surface area contributed by atoms with Gasteiger partial charge in [0.05, 0.1) is 0 Å². The fraction of sp³-hybridized carbons (Fsp3) is 0.818. The Morgan fingerprint density at radius 2 is 2.21 bits per heavy atom. The van der Waals surface area contributed by atoms with Gasteiger partial charge in [-0.2, -0.15) is 0 Å². The lowest BCUT2D eigenvalue weighted by Gasteiger charge is -2.44. The molecule has 14 heavy (non-hydrogen) atoms. The van der Waals surface area contributed by atoms with Crippen molar-refractivity contribution in [1.29, 1.82) is 0 Å². The first-order valence-electron chi connectivity index (χ1n) is 5.20. The quantitative estimate of drug-likeness (QED) is 0.674. The van der Waals surface area contributed by atoms with Crippen molar-refractivity contribution in [3.8, 4) is 0 Å². The number of piperidine rings is 1. The van der Waals surface area contributed by atoms with Gasteiger partial charge in [0.25, 0.3) is 0 Å². The molecule has 0 N–H and O–H groups in total. The van der Waals surface area contributed by atoms with Crippen molar-refractivity contribution >= 4 is 11.7 Å². The van der Waals surface area contributed by atoms with Crippen molar-refractivity contribution in [2.45, 2.75) is 46.1 Å². The fourth-order valence-electron chi connectivity index (χ4n) is 2.45. The molecule has 0 aromatic carbocycles. The maximum absolute atomic E-state index is 11.6. The molecule has 1 heterocycles. The molecule has 3 heteroatoms. The van der Waals surface area contributed by atoms with Crippen LogP contribution in [0, 0.1) is 5.41 Å². The van der Waals surface area contributed by atoms with Crippen LogP contribution in [-0.2, 0) is 9.59 Å². The topological polar surface area (TPSA) is 37.4 Å². The second-order valence-corrected chi connectivity index (χ2v) is 4.40. The number of likely N-dealkylation sites (tertiary alicyclic amines) is 1. The van der Waals surface area contributed by atoms with Crippen LogP contribution in [0.15, 0.2) is 0 Å². The molecule has 2 unspecified atom stereocenters. The summed E-state index contributed by atoms with van der Waals surface area (Å²) < 4.78 is 0. The molecule has 1 aliphatic heterocycles. The van der Waals surface area contributed by atoms with Crippen LogP contribution in [0.1, 0.15) is 40.0 Å². The Morgan fingerprint density at radius 1 is 1.64 bits per heavy atom. The van der Waals surface area contributed by atoms with Gasteiger partial charge in [0.15, 0.2) is 0 Å². The summed E-state index contributed by atoms with van der Waals surface area (Å²) in [5, 5.41) is 0. The zero-order valence-corrected chi connectivity index (χ0v) is 9.46. The average molecular weight is 197 g/mol. The molecule has 1 amide bonds. The highest BCUT2D eigenvalue weighted by Crippen LogP contribution is 2.37. The summed E-state index contributed by atoms with van der Waals surface area (Å²) in [7, 11) is 1.80. The Bertz CT molecular complexity index is 262. The minimum Gasteiger partial charge on any atom is -0.342 e. The van der Waals surface area contributed by atoms with E-state index in [4.69, 9.17) is 0 Å². The molecular weight excluding hydrogens is 178 g/mol. The minimum atomic E-state index is -0.336. The third-order valence-corrected chi connectivity index (χ3v) is 3.65. The van der Waals surface area contributed by atoms with E-state index in [1.807, 2.05) is 13.8 Å². The zero-order chi connectivity index (χ0) is 10.9. The van der Waals surface area contributed by atoms with Crippen molar-refractivity contribution in [3.05, 3.63) is 0 Å². The van der Waals surface area contributed by atoms with Crippen molar-refractivity contribution in [1.82, 2.24) is 4.90 Å². The van der Waals surface area contributed by atoms with Gasteiger partial charge in [0.2, 0.25) is 5.91 Å². The lowest BCUT2D eigenvalue weighted by molar-refractivity contribution is -0.146. The van der Waals surface area contributed by atoms with Crippen LogP contribution >= 0.6 is 0 Å². The van der Waals surface area contributed by atoms with Crippen LogP contribution < -0.4 is 0 Å². The molecule has 2 atom stereocenters. The van der Waals surface area contributed by atoms with Gasteiger partial charge >= 0.3 is 0 Å². The molecule has 80 valence electrons. The van der Waals surface area contributed by atoms with Crippen molar-refractivity contribution in [3.63, 3.8) is 0 Å². The first kappa shape index (κ1) is 11.2. The second-order valence-electron chi connectivity index (χ2n) is 4.40. The number of carbonyl (C=O) groups is 2. The summed E-state index contributed by atoms with van der Waals surface area (Å²) in [6.45, 7) is 5.64. The lowest BCUT2D eigenvalue weighted by Crippen LogP contribution is -2.54. The predicted molar refractivity (Wildman–Crippen MR) is 54.9 cm³/mol. The summed E-state index contributed by atoms with van der Waals surface area (Å²) in [5.74, 6) is 0.360. The summed E-state index contributed by atoms with van der Waals surface area (Å²) in [6, 6.07) is 0.0706. The minimum absolute atomic E-state index is 0.0706. The summed E-state index contributed by atoms with van der Waals surface area (Å²) >= 11 is 0. The molecule has 1 aliphatic rings. The molecule has 0 aromatic heterocycles. The van der Waals surface area contributed by atoms with Crippen molar-refractivity contribution < 1.29 is 9.59 Å². The van der Waals surface area contributed by atoms with Gasteiger partial charge in [0.1, 0.15) is 5.78 Å². The SMILES string of the molecule is CCC1N(C)C(=O)CCC1(C)C(C)=O. The zero-order valence-electron chi connectivity index (χ0n) is 9.46. The first-order chi connectivity index (χ1) is 6.43. The molecule has 1 saturated heterocycles. The van der Waals surface area contributed by atoms with E-state index in [-0.39, 0.29) is 23.1 Å². The van der Waals surface area contributed by atoms with E-state index in [9.17, 15) is 9.59 Å². The highest BCUT2D eigenvalue weighted by atomic mass is 16.2. The van der Waals surface area contributed by atoms with E-state index >= 15 is 0 Å². The Morgan fingerprint density at radius 3 is 2.64 bits per heavy atom. The van der Waals surface area contributed by atoms with E-state index < -0.39 is 0 Å². The maximum Gasteiger partial charge on any atom is 0.222 e. The van der Waals surface area contributed by atoms with Crippen molar-refractivity contribution in [2.24, 2.45) is 5.41 Å². The maximum atomic E-state index is 11.6. The molecule has 0 saturated carbocycles. The van der Waals surface area contributed by atoms with E-state index in [0.29, 0.717) is 12.8 Å². The normalized spacial score (nSPS) is 33.3. The smallest absolute Gasteiger partial charge is 0.222 e. The highest BCUT2D eigenvalue weighted by molar-refractivity contribution is 5.87. The third-order valence-electron chi connectivity index (χ3n) is 3.65. The van der Waals surface area contributed by atoms with E-state index in [1.165, 1.54) is 0 Å². The van der Waals surface area contributed by atoms with E-state index in [1.54, 1.807) is 18.9 Å². The number of ketones is 1. The standard InChI is InChI=1S/C11H19NO2/c1-5-9-11(3,8(2)13)7-6-10(14)12(9)4/h9H,5-7H2,1-4H3. The molecule has 0 aromatic rings. The average Bonchev–Trinajstić information content (AvgIpc) is 2.13.